The maximum atomic E-state index is 13.2. The van der Waals surface area contributed by atoms with Crippen LogP contribution in [-0.2, 0) is 9.59 Å². The number of hydrogen-bond acceptors (Lipinski definition) is 4. The summed E-state index contributed by atoms with van der Waals surface area (Å²) in [5, 5.41) is 0. The Morgan fingerprint density at radius 2 is 1.96 bits per heavy atom. The van der Waals surface area contributed by atoms with Crippen LogP contribution in [0.5, 0.6) is 11.5 Å². The van der Waals surface area contributed by atoms with Crippen molar-refractivity contribution in [2.75, 3.05) is 37.1 Å². The van der Waals surface area contributed by atoms with Crippen LogP contribution in [0.3, 0.4) is 0 Å². The van der Waals surface area contributed by atoms with E-state index >= 15 is 0 Å². The summed E-state index contributed by atoms with van der Waals surface area (Å²) in [5.74, 6) is 0.551. The average Bonchev–Trinajstić information content (AvgIpc) is 3.13. The average molecular weight is 380 g/mol. The Morgan fingerprint density at radius 1 is 1.21 bits per heavy atom. The van der Waals surface area contributed by atoms with Crippen molar-refractivity contribution in [1.29, 1.82) is 0 Å². The Morgan fingerprint density at radius 3 is 2.61 bits per heavy atom. The third-order valence-electron chi connectivity index (χ3n) is 4.80. The Kier molecular flexibility index (Phi) is 5.99. The summed E-state index contributed by atoms with van der Waals surface area (Å²) in [6.07, 6.45) is 1.85. The Hall–Kier alpha value is -3.28. The lowest BCUT2D eigenvalue weighted by Gasteiger charge is -2.25. The van der Waals surface area contributed by atoms with Crippen LogP contribution in [-0.4, -0.2) is 39.1 Å². The van der Waals surface area contributed by atoms with Gasteiger partial charge >= 0.3 is 0 Å². The number of methoxy groups -OCH3 is 2. The Labute approximate surface area is 165 Å². The molecule has 6 heteroatoms. The third kappa shape index (κ3) is 3.86. The topological polar surface area (TPSA) is 59.1 Å². The molecule has 0 radical (unpaired) electrons. The highest BCUT2D eigenvalue weighted by Gasteiger charge is 2.38. The first kappa shape index (κ1) is 19.5. The van der Waals surface area contributed by atoms with E-state index < -0.39 is 5.92 Å². The first-order chi connectivity index (χ1) is 13.6. The number of carbonyl (C=O) groups excluding carboxylic acids is 2. The Balaban J connectivity index is 1.83. The van der Waals surface area contributed by atoms with E-state index in [9.17, 15) is 9.59 Å². The molecule has 1 aliphatic rings. The monoisotopic (exact) mass is 380 g/mol. The molecule has 1 heterocycles. The smallest absolute Gasteiger partial charge is 0.232 e. The molecule has 0 saturated carbocycles. The van der Waals surface area contributed by atoms with Crippen LogP contribution in [0, 0.1) is 5.92 Å². The number of ether oxygens (including phenoxy) is 2. The number of hydrogen-bond donors (Lipinski definition) is 0. The molecular weight excluding hydrogens is 356 g/mol. The van der Waals surface area contributed by atoms with Gasteiger partial charge in [0.05, 0.1) is 25.8 Å². The third-order valence-corrected chi connectivity index (χ3v) is 4.80. The molecule has 0 aromatic heterocycles. The van der Waals surface area contributed by atoms with E-state index in [1.165, 1.54) is 0 Å². The molecule has 1 fully saturated rings. The van der Waals surface area contributed by atoms with Crippen LogP contribution in [0.4, 0.5) is 11.4 Å². The lowest BCUT2D eigenvalue weighted by Crippen LogP contribution is -2.37. The molecule has 3 rings (SSSR count). The van der Waals surface area contributed by atoms with Gasteiger partial charge < -0.3 is 19.3 Å². The molecule has 0 N–H and O–H groups in total. The van der Waals surface area contributed by atoms with Crippen LogP contribution >= 0.6 is 0 Å². The molecular formula is C22H24N2O4. The molecule has 0 bridgehead atoms. The van der Waals surface area contributed by atoms with Crippen LogP contribution in [0.25, 0.3) is 0 Å². The van der Waals surface area contributed by atoms with Gasteiger partial charge in [-0.1, -0.05) is 24.3 Å². The van der Waals surface area contributed by atoms with E-state index in [0.29, 0.717) is 30.3 Å². The SMILES string of the molecule is C=CCN(C(=O)C1CC(=O)N(c2ccc(OC)cc2OC)C1)c1ccccc1. The molecule has 6 nitrogen and oxygen atoms in total. The first-order valence-corrected chi connectivity index (χ1v) is 9.08. The first-order valence-electron chi connectivity index (χ1n) is 9.08. The van der Waals surface area contributed by atoms with Gasteiger partial charge in [-0.2, -0.15) is 0 Å². The van der Waals surface area contributed by atoms with Gasteiger partial charge in [0.15, 0.2) is 0 Å². The summed E-state index contributed by atoms with van der Waals surface area (Å²) in [6, 6.07) is 14.7. The van der Waals surface area contributed by atoms with Gasteiger partial charge in [-0.15, -0.1) is 6.58 Å². The molecule has 2 aromatic rings. The molecule has 1 saturated heterocycles. The fourth-order valence-corrected chi connectivity index (χ4v) is 3.39. The standard InChI is InChI=1S/C22H24N2O4/c1-4-12-23(17-8-6-5-7-9-17)22(26)16-13-21(25)24(15-16)19-11-10-18(27-2)14-20(19)28-3/h4-11,14,16H,1,12-13,15H2,2-3H3. The zero-order chi connectivity index (χ0) is 20.1. The summed E-state index contributed by atoms with van der Waals surface area (Å²) in [6.45, 7) is 4.45. The normalized spacial score (nSPS) is 16.0. The molecule has 1 unspecified atom stereocenters. The van der Waals surface area contributed by atoms with Gasteiger partial charge in [-0.3, -0.25) is 9.59 Å². The minimum absolute atomic E-state index is 0.0885. The van der Waals surface area contributed by atoms with Gasteiger partial charge in [0.2, 0.25) is 11.8 Å². The van der Waals surface area contributed by atoms with Gasteiger partial charge in [-0.25, -0.2) is 0 Å². The largest absolute Gasteiger partial charge is 0.497 e. The van der Waals surface area contributed by atoms with Crippen molar-refractivity contribution in [3.63, 3.8) is 0 Å². The molecule has 146 valence electrons. The van der Waals surface area contributed by atoms with Crippen molar-refractivity contribution in [3.8, 4) is 11.5 Å². The van der Waals surface area contributed by atoms with Gasteiger partial charge in [-0.05, 0) is 24.3 Å². The summed E-state index contributed by atoms with van der Waals surface area (Å²) < 4.78 is 10.6. The number of benzene rings is 2. The summed E-state index contributed by atoms with van der Waals surface area (Å²) in [5.41, 5.74) is 1.43. The van der Waals surface area contributed by atoms with Gasteiger partial charge in [0.25, 0.3) is 0 Å². The predicted molar refractivity (Wildman–Crippen MR) is 109 cm³/mol. The quantitative estimate of drug-likeness (QED) is 0.692. The molecule has 1 aliphatic heterocycles. The summed E-state index contributed by atoms with van der Waals surface area (Å²) in [7, 11) is 3.12. The minimum atomic E-state index is -0.431. The molecule has 28 heavy (non-hydrogen) atoms. The fraction of sp³-hybridized carbons (Fsp3) is 0.273. The highest BCUT2D eigenvalue weighted by molar-refractivity contribution is 6.05. The van der Waals surface area contributed by atoms with Crippen LogP contribution in [0.15, 0.2) is 61.2 Å². The zero-order valence-corrected chi connectivity index (χ0v) is 16.1. The molecule has 0 spiro atoms. The second-order valence-corrected chi connectivity index (χ2v) is 6.52. The van der Waals surface area contributed by atoms with E-state index in [1.807, 2.05) is 30.3 Å². The van der Waals surface area contributed by atoms with Crippen LogP contribution in [0.1, 0.15) is 6.42 Å². The van der Waals surface area contributed by atoms with Crippen molar-refractivity contribution >= 4 is 23.2 Å². The van der Waals surface area contributed by atoms with Crippen LogP contribution in [0.2, 0.25) is 0 Å². The van der Waals surface area contributed by atoms with E-state index in [1.54, 1.807) is 48.3 Å². The van der Waals surface area contributed by atoms with Crippen molar-refractivity contribution in [2.45, 2.75) is 6.42 Å². The Bertz CT molecular complexity index is 866. The lowest BCUT2D eigenvalue weighted by atomic mass is 10.1. The number of carbonyl (C=O) groups is 2. The molecule has 0 aliphatic carbocycles. The summed E-state index contributed by atoms with van der Waals surface area (Å²) in [4.78, 5) is 29.1. The van der Waals surface area contributed by atoms with Crippen molar-refractivity contribution in [2.24, 2.45) is 5.92 Å². The van der Waals surface area contributed by atoms with Gasteiger partial charge in [0, 0.05) is 31.3 Å². The lowest BCUT2D eigenvalue weighted by molar-refractivity contribution is -0.124. The number of nitrogens with zero attached hydrogens (tertiary/aromatic N) is 2. The van der Waals surface area contributed by atoms with E-state index in [2.05, 4.69) is 6.58 Å². The molecule has 2 amide bonds. The van der Waals surface area contributed by atoms with Crippen molar-refractivity contribution < 1.29 is 19.1 Å². The van der Waals surface area contributed by atoms with Crippen molar-refractivity contribution in [3.05, 3.63) is 61.2 Å². The highest BCUT2D eigenvalue weighted by atomic mass is 16.5. The molecule has 2 aromatic carbocycles. The minimum Gasteiger partial charge on any atom is -0.497 e. The van der Waals surface area contributed by atoms with Crippen molar-refractivity contribution in [1.82, 2.24) is 0 Å². The second-order valence-electron chi connectivity index (χ2n) is 6.52. The maximum absolute atomic E-state index is 13.2. The van der Waals surface area contributed by atoms with E-state index in [0.717, 1.165) is 5.69 Å². The fourth-order valence-electron chi connectivity index (χ4n) is 3.39. The zero-order valence-electron chi connectivity index (χ0n) is 16.1. The second kappa shape index (κ2) is 8.61. The summed E-state index contributed by atoms with van der Waals surface area (Å²) >= 11 is 0. The number of anilines is 2. The number of rotatable bonds is 7. The number of para-hydroxylation sites is 1. The highest BCUT2D eigenvalue weighted by Crippen LogP contribution is 2.36. The van der Waals surface area contributed by atoms with Gasteiger partial charge in [0.1, 0.15) is 11.5 Å². The predicted octanol–water partition coefficient (Wildman–Crippen LogP) is 3.28. The molecule has 1 atom stereocenters. The maximum Gasteiger partial charge on any atom is 0.232 e. The van der Waals surface area contributed by atoms with E-state index in [4.69, 9.17) is 9.47 Å². The van der Waals surface area contributed by atoms with Crippen LogP contribution < -0.4 is 19.3 Å². The van der Waals surface area contributed by atoms with E-state index in [-0.39, 0.29) is 18.2 Å². The number of amides is 2.